The molecular formula is C11H15N3O2. The predicted octanol–water partition coefficient (Wildman–Crippen LogP) is 1.90. The van der Waals surface area contributed by atoms with Gasteiger partial charge >= 0.3 is 0 Å². The smallest absolute Gasteiger partial charge is 0.269 e. The van der Waals surface area contributed by atoms with Crippen molar-refractivity contribution >= 4 is 11.9 Å². The summed E-state index contributed by atoms with van der Waals surface area (Å²) in [5.74, 6) is 0. The van der Waals surface area contributed by atoms with Gasteiger partial charge in [0.15, 0.2) is 0 Å². The summed E-state index contributed by atoms with van der Waals surface area (Å²) in [4.78, 5) is 16.1. The second-order valence-electron chi connectivity index (χ2n) is 3.66. The van der Waals surface area contributed by atoms with Crippen molar-refractivity contribution in [2.75, 3.05) is 21.1 Å². The van der Waals surface area contributed by atoms with Gasteiger partial charge in [-0.2, -0.15) is 0 Å². The van der Waals surface area contributed by atoms with Gasteiger partial charge in [0.2, 0.25) is 0 Å². The maximum absolute atomic E-state index is 10.5. The molecule has 0 heterocycles. The van der Waals surface area contributed by atoms with Gasteiger partial charge < -0.3 is 0 Å². The number of hydrogen-bond donors (Lipinski definition) is 0. The molecule has 0 aliphatic rings. The maximum atomic E-state index is 10.5. The third-order valence-electron chi connectivity index (χ3n) is 2.29. The molecule has 0 amide bonds. The van der Waals surface area contributed by atoms with E-state index in [9.17, 15) is 10.1 Å². The van der Waals surface area contributed by atoms with E-state index in [0.29, 0.717) is 0 Å². The lowest BCUT2D eigenvalue weighted by atomic mass is 10.1. The first kappa shape index (κ1) is 12.3. The molecule has 0 aliphatic heterocycles. The summed E-state index contributed by atoms with van der Waals surface area (Å²) in [7, 11) is 5.59. The molecule has 16 heavy (non-hydrogen) atoms. The Kier molecular flexibility index (Phi) is 4.13. The molecule has 1 aromatic carbocycles. The summed E-state index contributed by atoms with van der Waals surface area (Å²) >= 11 is 0. The highest BCUT2D eigenvalue weighted by Crippen LogP contribution is 2.19. The fourth-order valence-electron chi connectivity index (χ4n) is 1.45. The Morgan fingerprint density at radius 3 is 2.31 bits per heavy atom. The number of aliphatic imine (C=N–C) groups is 1. The van der Waals surface area contributed by atoms with E-state index in [2.05, 4.69) is 4.99 Å². The standard InChI is InChI=1S/C11H15N3O2/c1-12-8-11(13(2)3)9-4-6-10(7-5-9)14(15)16/h4-8,11H,1-3H3. The van der Waals surface area contributed by atoms with Gasteiger partial charge in [-0.3, -0.25) is 20.0 Å². The van der Waals surface area contributed by atoms with Gasteiger partial charge in [0.05, 0.1) is 11.0 Å². The Hall–Kier alpha value is -1.75. The molecule has 5 nitrogen and oxygen atoms in total. The fraction of sp³-hybridized carbons (Fsp3) is 0.364. The lowest BCUT2D eigenvalue weighted by Gasteiger charge is -2.20. The molecule has 0 aromatic heterocycles. The first-order valence-electron chi connectivity index (χ1n) is 4.89. The summed E-state index contributed by atoms with van der Waals surface area (Å²) in [6, 6.07) is 6.57. The highest BCUT2D eigenvalue weighted by atomic mass is 16.6. The molecule has 1 aromatic rings. The molecule has 0 saturated carbocycles. The summed E-state index contributed by atoms with van der Waals surface area (Å²) in [6.07, 6.45) is 1.81. The number of nitrogens with zero attached hydrogens (tertiary/aromatic N) is 3. The molecule has 86 valence electrons. The zero-order valence-electron chi connectivity index (χ0n) is 9.62. The normalized spacial score (nSPS) is 13.2. The van der Waals surface area contributed by atoms with Crippen molar-refractivity contribution in [3.05, 3.63) is 39.9 Å². The second kappa shape index (κ2) is 5.37. The van der Waals surface area contributed by atoms with Gasteiger partial charge in [-0.15, -0.1) is 0 Å². The average Bonchev–Trinajstić information content (AvgIpc) is 2.25. The van der Waals surface area contributed by atoms with Crippen molar-refractivity contribution in [2.45, 2.75) is 6.04 Å². The van der Waals surface area contributed by atoms with Gasteiger partial charge in [0.25, 0.3) is 5.69 Å². The molecule has 0 saturated heterocycles. The Balaban J connectivity index is 2.98. The van der Waals surface area contributed by atoms with Crippen LogP contribution >= 0.6 is 0 Å². The Morgan fingerprint density at radius 1 is 1.38 bits per heavy atom. The van der Waals surface area contributed by atoms with Crippen LogP contribution in [0.3, 0.4) is 0 Å². The van der Waals surface area contributed by atoms with E-state index >= 15 is 0 Å². The lowest BCUT2D eigenvalue weighted by Crippen LogP contribution is -2.21. The third kappa shape index (κ3) is 2.87. The van der Waals surface area contributed by atoms with Crippen molar-refractivity contribution in [3.63, 3.8) is 0 Å². The predicted molar refractivity (Wildman–Crippen MR) is 63.9 cm³/mol. The Morgan fingerprint density at radius 2 is 1.94 bits per heavy atom. The zero-order valence-corrected chi connectivity index (χ0v) is 9.62. The Bertz CT molecular complexity index is 385. The van der Waals surface area contributed by atoms with Crippen LogP contribution in [0.1, 0.15) is 11.6 Å². The molecule has 0 fully saturated rings. The van der Waals surface area contributed by atoms with Crippen LogP contribution in [0.4, 0.5) is 5.69 Å². The van der Waals surface area contributed by atoms with Gasteiger partial charge in [-0.05, 0) is 19.7 Å². The SMILES string of the molecule is CN=CC(c1ccc([N+](=O)[O-])cc1)N(C)C. The van der Waals surface area contributed by atoms with Gasteiger partial charge in [-0.1, -0.05) is 12.1 Å². The number of hydrogen-bond acceptors (Lipinski definition) is 4. The van der Waals surface area contributed by atoms with E-state index in [0.717, 1.165) is 5.56 Å². The molecule has 0 aliphatic carbocycles. The van der Waals surface area contributed by atoms with Gasteiger partial charge in [0.1, 0.15) is 0 Å². The second-order valence-corrected chi connectivity index (χ2v) is 3.66. The van der Waals surface area contributed by atoms with Crippen LogP contribution in [0.25, 0.3) is 0 Å². The maximum Gasteiger partial charge on any atom is 0.269 e. The van der Waals surface area contributed by atoms with Crippen LogP contribution in [0, 0.1) is 10.1 Å². The quantitative estimate of drug-likeness (QED) is 0.443. The molecule has 1 rings (SSSR count). The fourth-order valence-corrected chi connectivity index (χ4v) is 1.45. The molecule has 0 radical (unpaired) electrons. The highest BCUT2D eigenvalue weighted by Gasteiger charge is 2.12. The minimum atomic E-state index is -0.400. The van der Waals surface area contributed by atoms with E-state index in [1.54, 1.807) is 25.4 Å². The minimum absolute atomic E-state index is 0.0470. The van der Waals surface area contributed by atoms with Crippen molar-refractivity contribution in [1.82, 2.24) is 4.90 Å². The monoisotopic (exact) mass is 221 g/mol. The Labute approximate surface area is 94.6 Å². The topological polar surface area (TPSA) is 58.7 Å². The molecule has 0 bridgehead atoms. The van der Waals surface area contributed by atoms with E-state index < -0.39 is 4.92 Å². The van der Waals surface area contributed by atoms with E-state index in [1.807, 2.05) is 19.0 Å². The first-order chi connectivity index (χ1) is 7.56. The summed E-state index contributed by atoms with van der Waals surface area (Å²) in [5, 5.41) is 10.5. The first-order valence-corrected chi connectivity index (χ1v) is 4.89. The number of rotatable bonds is 4. The summed E-state index contributed by atoms with van der Waals surface area (Å²) < 4.78 is 0. The van der Waals surface area contributed by atoms with E-state index in [1.165, 1.54) is 12.1 Å². The van der Waals surface area contributed by atoms with Crippen LogP contribution in [0.2, 0.25) is 0 Å². The minimum Gasteiger partial charge on any atom is -0.299 e. The summed E-state index contributed by atoms with van der Waals surface area (Å²) in [6.45, 7) is 0. The van der Waals surface area contributed by atoms with Crippen LogP contribution in [0.5, 0.6) is 0 Å². The van der Waals surface area contributed by atoms with Crippen LogP contribution in [-0.4, -0.2) is 37.2 Å². The largest absolute Gasteiger partial charge is 0.299 e. The molecule has 1 atom stereocenters. The molecule has 0 N–H and O–H groups in total. The number of non-ortho nitro benzene ring substituents is 1. The van der Waals surface area contributed by atoms with Crippen LogP contribution in [-0.2, 0) is 0 Å². The van der Waals surface area contributed by atoms with Gasteiger partial charge in [-0.25, -0.2) is 0 Å². The number of benzene rings is 1. The van der Waals surface area contributed by atoms with E-state index in [4.69, 9.17) is 0 Å². The summed E-state index contributed by atoms with van der Waals surface area (Å²) in [5.41, 5.74) is 1.09. The lowest BCUT2D eigenvalue weighted by molar-refractivity contribution is -0.384. The van der Waals surface area contributed by atoms with Crippen LogP contribution in [0.15, 0.2) is 29.3 Å². The number of nitro benzene ring substituents is 1. The van der Waals surface area contributed by atoms with Crippen molar-refractivity contribution < 1.29 is 4.92 Å². The van der Waals surface area contributed by atoms with Crippen molar-refractivity contribution in [2.24, 2.45) is 4.99 Å². The van der Waals surface area contributed by atoms with E-state index in [-0.39, 0.29) is 11.7 Å². The number of nitro groups is 1. The molecule has 1 unspecified atom stereocenters. The highest BCUT2D eigenvalue weighted by molar-refractivity contribution is 5.67. The molecular weight excluding hydrogens is 206 g/mol. The average molecular weight is 221 g/mol. The van der Waals surface area contributed by atoms with Crippen LogP contribution < -0.4 is 0 Å². The van der Waals surface area contributed by atoms with Crippen molar-refractivity contribution in [3.8, 4) is 0 Å². The van der Waals surface area contributed by atoms with Gasteiger partial charge in [0, 0.05) is 25.4 Å². The van der Waals surface area contributed by atoms with Crippen molar-refractivity contribution in [1.29, 1.82) is 0 Å². The zero-order chi connectivity index (χ0) is 12.1. The molecule has 0 spiro atoms. The molecule has 5 heteroatoms. The third-order valence-corrected chi connectivity index (χ3v) is 2.29.